The van der Waals surface area contributed by atoms with Crippen LogP contribution in [0.15, 0.2) is 29.2 Å². The van der Waals surface area contributed by atoms with E-state index in [0.29, 0.717) is 17.8 Å². The zero-order valence-corrected chi connectivity index (χ0v) is 14.7. The van der Waals surface area contributed by atoms with Crippen LogP contribution in [0.4, 0.5) is 4.79 Å². The SMILES string of the molecule is Cc1ccc(S(=O)(=O)NC(=O)NC23CC4CC(CC(C4)C2)C3)cc1. The molecule has 0 radical (unpaired) electrons. The molecule has 0 spiro atoms. The molecule has 0 aromatic heterocycles. The van der Waals surface area contributed by atoms with Crippen molar-refractivity contribution < 1.29 is 13.2 Å². The van der Waals surface area contributed by atoms with Gasteiger partial charge < -0.3 is 5.32 Å². The topological polar surface area (TPSA) is 75.3 Å². The predicted octanol–water partition coefficient (Wildman–Crippen LogP) is 2.95. The van der Waals surface area contributed by atoms with Gasteiger partial charge in [0.25, 0.3) is 10.0 Å². The highest BCUT2D eigenvalue weighted by atomic mass is 32.2. The summed E-state index contributed by atoms with van der Waals surface area (Å²) in [6, 6.07) is 5.92. The monoisotopic (exact) mass is 348 g/mol. The van der Waals surface area contributed by atoms with Crippen LogP contribution in [-0.4, -0.2) is 20.0 Å². The first-order valence-corrected chi connectivity index (χ1v) is 10.2. The summed E-state index contributed by atoms with van der Waals surface area (Å²) in [5.74, 6) is 2.10. The summed E-state index contributed by atoms with van der Waals surface area (Å²) in [6.07, 6.45) is 6.84. The summed E-state index contributed by atoms with van der Waals surface area (Å²) in [6.45, 7) is 1.89. The Hall–Kier alpha value is -1.56. The molecule has 4 aliphatic rings. The largest absolute Gasteiger partial charge is 0.332 e. The Morgan fingerprint density at radius 1 is 1.00 bits per heavy atom. The highest BCUT2D eigenvalue weighted by Gasteiger charge is 2.51. The molecule has 0 atom stereocenters. The number of nitrogens with one attached hydrogen (secondary N) is 2. The third kappa shape index (κ3) is 2.92. The fourth-order valence-electron chi connectivity index (χ4n) is 5.43. The van der Waals surface area contributed by atoms with Crippen LogP contribution in [-0.2, 0) is 10.0 Å². The molecule has 2 N–H and O–H groups in total. The minimum atomic E-state index is -3.82. The number of amides is 2. The normalized spacial score (nSPS) is 34.1. The lowest BCUT2D eigenvalue weighted by molar-refractivity contribution is -0.0132. The van der Waals surface area contributed by atoms with Gasteiger partial charge in [-0.2, -0.15) is 0 Å². The Bertz CT molecular complexity index is 720. The van der Waals surface area contributed by atoms with E-state index < -0.39 is 16.1 Å². The molecule has 5 rings (SSSR count). The van der Waals surface area contributed by atoms with Crippen molar-refractivity contribution in [1.82, 2.24) is 10.0 Å². The second kappa shape index (κ2) is 5.48. The van der Waals surface area contributed by atoms with Gasteiger partial charge in [-0.15, -0.1) is 0 Å². The number of rotatable bonds is 3. The molecule has 130 valence electrons. The maximum Gasteiger partial charge on any atom is 0.329 e. The number of urea groups is 1. The van der Waals surface area contributed by atoms with Gasteiger partial charge in [0.05, 0.1) is 4.90 Å². The molecular formula is C18H24N2O3S. The fraction of sp³-hybridized carbons (Fsp3) is 0.611. The number of hydrogen-bond donors (Lipinski definition) is 2. The van der Waals surface area contributed by atoms with E-state index in [2.05, 4.69) is 10.0 Å². The molecule has 4 saturated carbocycles. The number of carbonyl (C=O) groups excluding carboxylic acids is 1. The summed E-state index contributed by atoms with van der Waals surface area (Å²) >= 11 is 0. The highest BCUT2D eigenvalue weighted by Crippen LogP contribution is 2.55. The van der Waals surface area contributed by atoms with Crippen molar-refractivity contribution in [2.45, 2.75) is 55.9 Å². The van der Waals surface area contributed by atoms with Crippen LogP contribution in [0.5, 0.6) is 0 Å². The quantitative estimate of drug-likeness (QED) is 0.882. The summed E-state index contributed by atoms with van der Waals surface area (Å²) < 4.78 is 26.9. The van der Waals surface area contributed by atoms with E-state index in [-0.39, 0.29) is 10.4 Å². The second-order valence-electron chi connectivity index (χ2n) is 8.07. The van der Waals surface area contributed by atoms with Crippen LogP contribution in [0.3, 0.4) is 0 Å². The van der Waals surface area contributed by atoms with E-state index in [1.54, 1.807) is 12.1 Å². The molecule has 24 heavy (non-hydrogen) atoms. The first-order valence-electron chi connectivity index (χ1n) is 8.75. The van der Waals surface area contributed by atoms with E-state index >= 15 is 0 Å². The summed E-state index contributed by atoms with van der Waals surface area (Å²) in [5, 5.41) is 3.03. The van der Waals surface area contributed by atoms with Crippen molar-refractivity contribution in [2.75, 3.05) is 0 Å². The van der Waals surface area contributed by atoms with E-state index in [9.17, 15) is 13.2 Å². The molecule has 0 saturated heterocycles. The number of carbonyl (C=O) groups is 1. The van der Waals surface area contributed by atoms with E-state index in [0.717, 1.165) is 24.8 Å². The molecule has 1 aromatic rings. The number of sulfonamides is 1. The van der Waals surface area contributed by atoms with Crippen LogP contribution < -0.4 is 10.0 Å². The van der Waals surface area contributed by atoms with Gasteiger partial charge >= 0.3 is 6.03 Å². The van der Waals surface area contributed by atoms with Crippen molar-refractivity contribution >= 4 is 16.1 Å². The van der Waals surface area contributed by atoms with Crippen molar-refractivity contribution in [3.05, 3.63) is 29.8 Å². The smallest absolute Gasteiger partial charge is 0.329 e. The molecule has 6 heteroatoms. The van der Waals surface area contributed by atoms with Gasteiger partial charge in [0.1, 0.15) is 0 Å². The van der Waals surface area contributed by atoms with Gasteiger partial charge in [-0.05, 0) is 75.3 Å². The molecule has 4 aliphatic carbocycles. The maximum absolute atomic E-state index is 12.4. The Kier molecular flexibility index (Phi) is 3.64. The average Bonchev–Trinajstić information content (AvgIpc) is 2.44. The van der Waals surface area contributed by atoms with Crippen molar-refractivity contribution in [3.63, 3.8) is 0 Å². The first kappa shape index (κ1) is 15.9. The van der Waals surface area contributed by atoms with Crippen LogP contribution >= 0.6 is 0 Å². The van der Waals surface area contributed by atoms with Gasteiger partial charge in [-0.3, -0.25) is 0 Å². The second-order valence-corrected chi connectivity index (χ2v) is 9.75. The fourth-order valence-corrected chi connectivity index (χ4v) is 6.34. The van der Waals surface area contributed by atoms with Crippen LogP contribution in [0.25, 0.3) is 0 Å². The lowest BCUT2D eigenvalue weighted by atomic mass is 9.53. The van der Waals surface area contributed by atoms with Gasteiger partial charge in [0, 0.05) is 5.54 Å². The van der Waals surface area contributed by atoms with Crippen LogP contribution in [0, 0.1) is 24.7 Å². The van der Waals surface area contributed by atoms with Gasteiger partial charge in [-0.1, -0.05) is 17.7 Å². The zero-order chi connectivity index (χ0) is 16.9. The zero-order valence-electron chi connectivity index (χ0n) is 13.9. The van der Waals surface area contributed by atoms with Crippen LogP contribution in [0.2, 0.25) is 0 Å². The Balaban J connectivity index is 1.46. The molecular weight excluding hydrogens is 324 g/mol. The minimum Gasteiger partial charge on any atom is -0.332 e. The van der Waals surface area contributed by atoms with Crippen molar-refractivity contribution in [2.24, 2.45) is 17.8 Å². The lowest BCUT2D eigenvalue weighted by Gasteiger charge is -2.56. The average molecular weight is 348 g/mol. The Morgan fingerprint density at radius 3 is 2.00 bits per heavy atom. The van der Waals surface area contributed by atoms with Crippen LogP contribution in [0.1, 0.15) is 44.1 Å². The molecule has 0 aliphatic heterocycles. The third-order valence-electron chi connectivity index (χ3n) is 5.98. The molecule has 0 unspecified atom stereocenters. The minimum absolute atomic E-state index is 0.119. The summed E-state index contributed by atoms with van der Waals surface area (Å²) in [4.78, 5) is 12.5. The highest BCUT2D eigenvalue weighted by molar-refractivity contribution is 7.90. The number of benzene rings is 1. The Morgan fingerprint density at radius 2 is 1.50 bits per heavy atom. The predicted molar refractivity (Wildman–Crippen MR) is 90.9 cm³/mol. The molecule has 1 aromatic carbocycles. The van der Waals surface area contributed by atoms with Crippen molar-refractivity contribution in [1.29, 1.82) is 0 Å². The molecule has 2 amide bonds. The van der Waals surface area contributed by atoms with E-state index in [1.807, 2.05) is 6.92 Å². The first-order chi connectivity index (χ1) is 11.3. The van der Waals surface area contributed by atoms with Crippen molar-refractivity contribution in [3.8, 4) is 0 Å². The standard InChI is InChI=1S/C18H24N2O3S/c1-12-2-4-16(5-3-12)24(22,23)20-17(21)19-18-9-13-6-14(10-18)8-15(7-13)11-18/h2-5,13-15H,6-11H2,1H3,(H2,19,20,21). The van der Waals surface area contributed by atoms with E-state index in [4.69, 9.17) is 0 Å². The number of hydrogen-bond acceptors (Lipinski definition) is 3. The third-order valence-corrected chi connectivity index (χ3v) is 7.32. The van der Waals surface area contributed by atoms with Gasteiger partial charge in [0.2, 0.25) is 0 Å². The lowest BCUT2D eigenvalue weighted by Crippen LogP contribution is -2.61. The molecule has 0 heterocycles. The van der Waals surface area contributed by atoms with Gasteiger partial charge in [0.15, 0.2) is 0 Å². The molecule has 5 nitrogen and oxygen atoms in total. The van der Waals surface area contributed by atoms with E-state index in [1.165, 1.54) is 31.4 Å². The molecule has 4 bridgehead atoms. The number of aryl methyl sites for hydroxylation is 1. The van der Waals surface area contributed by atoms with Gasteiger partial charge in [-0.25, -0.2) is 17.9 Å². The summed E-state index contributed by atoms with van der Waals surface area (Å²) in [5.41, 5.74) is 0.786. The maximum atomic E-state index is 12.4. The molecule has 4 fully saturated rings. The summed E-state index contributed by atoms with van der Waals surface area (Å²) in [7, 11) is -3.82. The Labute approximate surface area is 143 Å².